The number of rotatable bonds is 12. The predicted molar refractivity (Wildman–Crippen MR) is 144 cm³/mol. The van der Waals surface area contributed by atoms with Gasteiger partial charge in [-0.3, -0.25) is 14.5 Å². The van der Waals surface area contributed by atoms with Gasteiger partial charge in [0.25, 0.3) is 0 Å². The van der Waals surface area contributed by atoms with Gasteiger partial charge >= 0.3 is 0 Å². The molecule has 2 N–H and O–H groups in total. The van der Waals surface area contributed by atoms with Crippen LogP contribution in [0.4, 0.5) is 0 Å². The van der Waals surface area contributed by atoms with E-state index in [0.29, 0.717) is 37.6 Å². The average Bonchev–Trinajstić information content (AvgIpc) is 3.43. The summed E-state index contributed by atoms with van der Waals surface area (Å²) in [5.74, 6) is 1.24. The Morgan fingerprint density at radius 3 is 2.83 bits per heavy atom. The van der Waals surface area contributed by atoms with Gasteiger partial charge in [-0.05, 0) is 36.7 Å². The topological polar surface area (TPSA) is 114 Å². The van der Waals surface area contributed by atoms with E-state index >= 15 is 0 Å². The quantitative estimate of drug-likeness (QED) is 0.211. The lowest BCUT2D eigenvalue weighted by molar-refractivity contribution is -0.119. The first kappa shape index (κ1) is 25.7. The van der Waals surface area contributed by atoms with Crippen molar-refractivity contribution < 1.29 is 14.3 Å². The standard InChI is InChI=1S/C26H34N6O3Si/c1-36(2,3)13-12-34-18-29-23(10-11-27)19-4-9-26(28-15-19)35-22-6-7-24-20(14-22)16-30-32(24)17-21-5-8-25(33)31-21/h4,6-7,9,11,14-16,21,27H,5,8,10,12-13,17-18H2,1-3H3,(H,31,33). The molecule has 4 rings (SSSR count). The normalized spacial score (nSPS) is 16.4. The Morgan fingerprint density at radius 1 is 1.28 bits per heavy atom. The van der Waals surface area contributed by atoms with Crippen molar-refractivity contribution in [3.05, 3.63) is 48.3 Å². The fourth-order valence-electron chi connectivity index (χ4n) is 3.97. The zero-order valence-corrected chi connectivity index (χ0v) is 22.2. The molecule has 36 heavy (non-hydrogen) atoms. The van der Waals surface area contributed by atoms with Crippen molar-refractivity contribution in [2.45, 2.75) is 57.5 Å². The van der Waals surface area contributed by atoms with E-state index < -0.39 is 8.07 Å². The zero-order valence-electron chi connectivity index (χ0n) is 21.2. The lowest BCUT2D eigenvalue weighted by Crippen LogP contribution is -2.29. The van der Waals surface area contributed by atoms with Gasteiger partial charge in [-0.1, -0.05) is 19.6 Å². The van der Waals surface area contributed by atoms with Crippen LogP contribution in [0.15, 0.2) is 47.7 Å². The Bertz CT molecular complexity index is 1230. The Labute approximate surface area is 212 Å². The molecule has 1 aromatic carbocycles. The van der Waals surface area contributed by atoms with Crippen molar-refractivity contribution in [1.82, 2.24) is 20.1 Å². The maximum Gasteiger partial charge on any atom is 0.220 e. The maximum absolute atomic E-state index is 11.5. The molecule has 1 saturated heterocycles. The Balaban J connectivity index is 1.37. The minimum atomic E-state index is -1.13. The van der Waals surface area contributed by atoms with Crippen molar-refractivity contribution in [2.75, 3.05) is 13.3 Å². The molecule has 0 radical (unpaired) electrons. The predicted octanol–water partition coefficient (Wildman–Crippen LogP) is 4.64. The number of benzene rings is 1. The molecule has 1 fully saturated rings. The first-order chi connectivity index (χ1) is 17.3. The minimum absolute atomic E-state index is 0.104. The van der Waals surface area contributed by atoms with Gasteiger partial charge < -0.3 is 20.2 Å². The van der Waals surface area contributed by atoms with Gasteiger partial charge in [0.2, 0.25) is 11.8 Å². The van der Waals surface area contributed by atoms with Gasteiger partial charge in [0.05, 0.1) is 24.0 Å². The second-order valence-electron chi connectivity index (χ2n) is 10.2. The second kappa shape index (κ2) is 11.6. The Kier molecular flexibility index (Phi) is 8.27. The monoisotopic (exact) mass is 506 g/mol. The smallest absolute Gasteiger partial charge is 0.220 e. The Morgan fingerprint density at radius 2 is 2.14 bits per heavy atom. The summed E-state index contributed by atoms with van der Waals surface area (Å²) in [5, 5.41) is 15.9. The van der Waals surface area contributed by atoms with E-state index in [0.717, 1.165) is 34.6 Å². The van der Waals surface area contributed by atoms with Crippen LogP contribution in [0.25, 0.3) is 10.9 Å². The number of hydrogen-bond donors (Lipinski definition) is 2. The van der Waals surface area contributed by atoms with Crippen molar-refractivity contribution in [3.63, 3.8) is 0 Å². The molecule has 2 aromatic heterocycles. The molecule has 190 valence electrons. The van der Waals surface area contributed by atoms with Crippen LogP contribution in [0.1, 0.15) is 24.8 Å². The van der Waals surface area contributed by atoms with E-state index in [1.807, 2.05) is 28.9 Å². The molecule has 1 atom stereocenters. The van der Waals surface area contributed by atoms with E-state index in [9.17, 15) is 4.79 Å². The molecule has 9 nitrogen and oxygen atoms in total. The number of nitrogens with one attached hydrogen (secondary N) is 2. The second-order valence-corrected chi connectivity index (χ2v) is 15.8. The highest BCUT2D eigenvalue weighted by molar-refractivity contribution is 6.76. The molecule has 0 spiro atoms. The van der Waals surface area contributed by atoms with E-state index in [1.54, 1.807) is 18.5 Å². The Hall–Kier alpha value is -3.37. The summed E-state index contributed by atoms with van der Waals surface area (Å²) >= 11 is 0. The molecule has 0 saturated carbocycles. The van der Waals surface area contributed by atoms with Gasteiger partial charge in [-0.15, -0.1) is 0 Å². The molecule has 0 bridgehead atoms. The van der Waals surface area contributed by atoms with Gasteiger partial charge in [0.1, 0.15) is 12.5 Å². The lowest BCUT2D eigenvalue weighted by Gasteiger charge is -2.14. The summed E-state index contributed by atoms with van der Waals surface area (Å²) in [7, 11) is -1.13. The van der Waals surface area contributed by atoms with Crippen LogP contribution in [-0.2, 0) is 16.1 Å². The number of amides is 1. The van der Waals surface area contributed by atoms with Crippen LogP contribution in [0.2, 0.25) is 25.7 Å². The molecule has 3 aromatic rings. The zero-order chi connectivity index (χ0) is 25.5. The van der Waals surface area contributed by atoms with E-state index in [4.69, 9.17) is 14.9 Å². The van der Waals surface area contributed by atoms with Gasteiger partial charge in [-0.2, -0.15) is 5.10 Å². The molecular formula is C26H34N6O3Si. The maximum atomic E-state index is 11.5. The lowest BCUT2D eigenvalue weighted by atomic mass is 10.1. The van der Waals surface area contributed by atoms with Crippen molar-refractivity contribution >= 4 is 36.8 Å². The van der Waals surface area contributed by atoms with Crippen LogP contribution >= 0.6 is 0 Å². The highest BCUT2D eigenvalue weighted by Crippen LogP contribution is 2.25. The molecule has 3 heterocycles. The summed E-state index contributed by atoms with van der Waals surface area (Å²) in [6.07, 6.45) is 6.69. The third kappa shape index (κ3) is 7.08. The fraction of sp³-hybridized carbons (Fsp3) is 0.423. The first-order valence-corrected chi connectivity index (χ1v) is 16.0. The van der Waals surface area contributed by atoms with Gasteiger partial charge in [0.15, 0.2) is 0 Å². The number of ether oxygens (including phenoxy) is 2. The number of aromatic nitrogens is 3. The van der Waals surface area contributed by atoms with Crippen LogP contribution in [-0.4, -0.2) is 60.1 Å². The minimum Gasteiger partial charge on any atom is -0.439 e. The SMILES string of the molecule is C[Si](C)(C)CCOCN=C(CC=N)c1ccc(Oc2ccc3c(cnn3CC3CCC(=O)N3)c2)nc1. The number of carbonyl (C=O) groups excluding carboxylic acids is 1. The molecule has 1 amide bonds. The van der Waals surface area contributed by atoms with Crippen molar-refractivity contribution in [2.24, 2.45) is 4.99 Å². The summed E-state index contributed by atoms with van der Waals surface area (Å²) < 4.78 is 13.6. The third-order valence-electron chi connectivity index (χ3n) is 6.02. The molecule has 10 heteroatoms. The number of pyridine rings is 1. The van der Waals surface area contributed by atoms with E-state index in [1.165, 1.54) is 6.21 Å². The fourth-order valence-corrected chi connectivity index (χ4v) is 4.72. The molecule has 1 aliphatic heterocycles. The number of hydrogen-bond acceptors (Lipinski definition) is 7. The number of fused-ring (bicyclic) bond motifs is 1. The average molecular weight is 507 g/mol. The van der Waals surface area contributed by atoms with E-state index in [-0.39, 0.29) is 18.7 Å². The van der Waals surface area contributed by atoms with E-state index in [2.05, 4.69) is 40.0 Å². The largest absolute Gasteiger partial charge is 0.439 e. The van der Waals surface area contributed by atoms with Crippen LogP contribution < -0.4 is 10.1 Å². The summed E-state index contributed by atoms with van der Waals surface area (Å²) in [6.45, 7) is 8.61. The molecule has 1 aliphatic rings. The highest BCUT2D eigenvalue weighted by atomic mass is 28.3. The summed E-state index contributed by atoms with van der Waals surface area (Å²) in [4.78, 5) is 20.5. The third-order valence-corrected chi connectivity index (χ3v) is 7.73. The summed E-state index contributed by atoms with van der Waals surface area (Å²) in [6, 6.07) is 10.7. The van der Waals surface area contributed by atoms with Crippen LogP contribution in [0, 0.1) is 5.41 Å². The summed E-state index contributed by atoms with van der Waals surface area (Å²) in [5.41, 5.74) is 2.60. The number of carbonyl (C=O) groups is 1. The van der Waals surface area contributed by atoms with Crippen LogP contribution in [0.5, 0.6) is 11.6 Å². The first-order valence-electron chi connectivity index (χ1n) is 12.3. The molecular weight excluding hydrogens is 472 g/mol. The highest BCUT2D eigenvalue weighted by Gasteiger charge is 2.22. The number of nitrogens with zero attached hydrogens (tertiary/aromatic N) is 4. The number of aliphatic imine (C=N–C) groups is 1. The van der Waals surface area contributed by atoms with Gasteiger partial charge in [-0.25, -0.2) is 4.98 Å². The van der Waals surface area contributed by atoms with Crippen LogP contribution in [0.3, 0.4) is 0 Å². The van der Waals surface area contributed by atoms with Crippen molar-refractivity contribution in [3.8, 4) is 11.6 Å². The van der Waals surface area contributed by atoms with Gasteiger partial charge in [0, 0.05) is 63.0 Å². The van der Waals surface area contributed by atoms with Crippen molar-refractivity contribution in [1.29, 1.82) is 5.41 Å². The molecule has 0 aliphatic carbocycles. The molecule has 1 unspecified atom stereocenters.